The number of hydrogen-bond acceptors (Lipinski definition) is 0. The first kappa shape index (κ1) is 13.5. The number of terminal acetylenes is 1. The highest BCUT2D eigenvalue weighted by Crippen LogP contribution is 2.30. The lowest BCUT2D eigenvalue weighted by molar-refractivity contribution is -0.137. The fraction of sp³-hybridized carbons (Fsp3) is 0.273. The van der Waals surface area contributed by atoms with Gasteiger partial charge in [-0.3, -0.25) is 0 Å². The van der Waals surface area contributed by atoms with Crippen molar-refractivity contribution in [3.8, 4) is 12.8 Å². The van der Waals surface area contributed by atoms with Gasteiger partial charge in [0.1, 0.15) is 5.82 Å². The molecule has 4 heteroatoms. The lowest BCUT2D eigenvalue weighted by Crippen LogP contribution is -2.05. The molecule has 0 spiro atoms. The van der Waals surface area contributed by atoms with Crippen molar-refractivity contribution >= 4 is 0 Å². The Hall–Kier alpha value is -1.50. The molecule has 0 aliphatic carbocycles. The van der Waals surface area contributed by atoms with Crippen molar-refractivity contribution in [2.24, 2.45) is 0 Å². The fourth-order valence-corrected chi connectivity index (χ4v) is 1.01. The third-order valence-electron chi connectivity index (χ3n) is 1.76. The maximum Gasteiger partial charge on any atom is 0.416 e. The first-order chi connectivity index (χ1) is 6.95. The van der Waals surface area contributed by atoms with Gasteiger partial charge in [-0.25, -0.2) is 4.39 Å². The van der Waals surface area contributed by atoms with Crippen LogP contribution in [0.25, 0.3) is 0 Å². The minimum absolute atomic E-state index is 0.299. The summed E-state index contributed by atoms with van der Waals surface area (Å²) in [6.07, 6.45) is 3.93. The third-order valence-corrected chi connectivity index (χ3v) is 1.76. The average molecular weight is 218 g/mol. The Morgan fingerprint density at radius 2 is 1.73 bits per heavy atom. The molecule has 0 heterocycles. The highest BCUT2D eigenvalue weighted by Gasteiger charge is 2.30. The van der Waals surface area contributed by atoms with E-state index in [4.69, 9.17) is 0 Å². The van der Waals surface area contributed by atoms with Crippen LogP contribution in [0.5, 0.6) is 0 Å². The van der Waals surface area contributed by atoms with Gasteiger partial charge in [-0.15, -0.1) is 12.8 Å². The zero-order valence-corrected chi connectivity index (χ0v) is 8.11. The van der Waals surface area contributed by atoms with Crippen molar-refractivity contribution in [1.29, 1.82) is 0 Å². The fourth-order valence-electron chi connectivity index (χ4n) is 1.01. The summed E-state index contributed by atoms with van der Waals surface area (Å²) in [6, 6.07) is 2.58. The summed E-state index contributed by atoms with van der Waals surface area (Å²) in [5.41, 5.74) is -0.643. The highest BCUT2D eigenvalue weighted by molar-refractivity contribution is 5.26. The number of alkyl halides is 3. The van der Waals surface area contributed by atoms with Crippen LogP contribution in [0, 0.1) is 18.7 Å². The predicted octanol–water partition coefficient (Wildman–Crippen LogP) is 3.66. The smallest absolute Gasteiger partial charge is 0.207 e. The third kappa shape index (κ3) is 3.62. The summed E-state index contributed by atoms with van der Waals surface area (Å²) in [6.45, 7) is 1.69. The minimum atomic E-state index is -4.47. The lowest BCUT2D eigenvalue weighted by atomic mass is 10.1. The molecule has 1 aromatic rings. The number of aryl methyl sites for hydroxylation is 1. The van der Waals surface area contributed by atoms with Gasteiger partial charge in [0.05, 0.1) is 5.56 Å². The van der Waals surface area contributed by atoms with Gasteiger partial charge in [0.2, 0.25) is 0 Å². The van der Waals surface area contributed by atoms with Gasteiger partial charge in [-0.1, -0.05) is 13.0 Å². The number of halogens is 4. The Labute approximate surface area is 85.9 Å². The molecule has 0 aliphatic rings. The molecule has 1 rings (SSSR count). The monoisotopic (exact) mass is 218 g/mol. The van der Waals surface area contributed by atoms with Gasteiger partial charge < -0.3 is 0 Å². The molecule has 0 nitrogen and oxygen atoms in total. The van der Waals surface area contributed by atoms with Crippen LogP contribution in [-0.4, -0.2) is 0 Å². The van der Waals surface area contributed by atoms with Crippen molar-refractivity contribution in [3.05, 3.63) is 35.1 Å². The van der Waals surface area contributed by atoms with Crippen LogP contribution in [0.4, 0.5) is 17.6 Å². The van der Waals surface area contributed by atoms with E-state index in [1.165, 1.54) is 0 Å². The van der Waals surface area contributed by atoms with E-state index in [1.54, 1.807) is 6.92 Å². The van der Waals surface area contributed by atoms with Gasteiger partial charge in [0.25, 0.3) is 0 Å². The zero-order chi connectivity index (χ0) is 12.1. The normalized spacial score (nSPS) is 10.3. The number of rotatable bonds is 1. The maximum atomic E-state index is 12.9. The molecule has 0 atom stereocenters. The van der Waals surface area contributed by atoms with Crippen LogP contribution in [0.3, 0.4) is 0 Å². The van der Waals surface area contributed by atoms with E-state index < -0.39 is 17.6 Å². The van der Waals surface area contributed by atoms with E-state index in [9.17, 15) is 17.6 Å². The summed E-state index contributed by atoms with van der Waals surface area (Å²) in [5, 5.41) is 0. The Balaban J connectivity index is 0.000000921. The first-order valence-electron chi connectivity index (χ1n) is 4.14. The van der Waals surface area contributed by atoms with Crippen molar-refractivity contribution in [3.63, 3.8) is 0 Å². The van der Waals surface area contributed by atoms with E-state index in [-0.39, 0.29) is 0 Å². The quantitative estimate of drug-likeness (QED) is 0.498. The van der Waals surface area contributed by atoms with E-state index in [2.05, 4.69) is 12.8 Å². The van der Waals surface area contributed by atoms with Crippen LogP contribution in [0.2, 0.25) is 0 Å². The molecule has 0 unspecified atom stereocenters. The summed E-state index contributed by atoms with van der Waals surface area (Å²) in [4.78, 5) is 0. The topological polar surface area (TPSA) is 0 Å². The van der Waals surface area contributed by atoms with Crippen molar-refractivity contribution in [2.75, 3.05) is 0 Å². The second-order valence-corrected chi connectivity index (χ2v) is 2.66. The Morgan fingerprint density at radius 1 is 1.20 bits per heavy atom. The van der Waals surface area contributed by atoms with Crippen molar-refractivity contribution in [1.82, 2.24) is 0 Å². The summed E-state index contributed by atoms with van der Waals surface area (Å²) >= 11 is 0. The van der Waals surface area contributed by atoms with E-state index in [0.29, 0.717) is 18.1 Å². The molecule has 0 bridgehead atoms. The van der Waals surface area contributed by atoms with Crippen LogP contribution < -0.4 is 0 Å². The van der Waals surface area contributed by atoms with Gasteiger partial charge in [-0.2, -0.15) is 13.2 Å². The molecule has 0 amide bonds. The predicted molar refractivity (Wildman–Crippen MR) is 50.7 cm³/mol. The first-order valence-corrected chi connectivity index (χ1v) is 4.14. The van der Waals surface area contributed by atoms with E-state index >= 15 is 0 Å². The summed E-state index contributed by atoms with van der Waals surface area (Å²) < 4.78 is 49.0. The molecule has 0 fully saturated rings. The summed E-state index contributed by atoms with van der Waals surface area (Å²) in [7, 11) is 0. The molecule has 0 saturated heterocycles. The molecular formula is C11H10F4. The molecule has 0 saturated carbocycles. The molecule has 0 aromatic heterocycles. The number of hydrogen-bond donors (Lipinski definition) is 0. The van der Waals surface area contributed by atoms with E-state index in [0.717, 1.165) is 12.1 Å². The highest BCUT2D eigenvalue weighted by atomic mass is 19.4. The van der Waals surface area contributed by atoms with Crippen molar-refractivity contribution in [2.45, 2.75) is 19.5 Å². The van der Waals surface area contributed by atoms with Gasteiger partial charge in [0.15, 0.2) is 0 Å². The summed E-state index contributed by atoms with van der Waals surface area (Å²) in [5.74, 6) is -0.794. The zero-order valence-electron chi connectivity index (χ0n) is 8.11. The van der Waals surface area contributed by atoms with E-state index in [1.807, 2.05) is 0 Å². The Bertz CT molecular complexity index is 336. The molecule has 1 aromatic carbocycles. The molecule has 0 radical (unpaired) electrons. The minimum Gasteiger partial charge on any atom is -0.207 e. The Morgan fingerprint density at radius 3 is 2.07 bits per heavy atom. The van der Waals surface area contributed by atoms with Gasteiger partial charge in [-0.05, 0) is 24.1 Å². The van der Waals surface area contributed by atoms with Gasteiger partial charge >= 0.3 is 6.18 Å². The van der Waals surface area contributed by atoms with Crippen LogP contribution >= 0.6 is 0 Å². The molecule has 0 aliphatic heterocycles. The molecule has 82 valence electrons. The molecule has 15 heavy (non-hydrogen) atoms. The lowest BCUT2D eigenvalue weighted by Gasteiger charge is -2.07. The van der Waals surface area contributed by atoms with Crippen molar-refractivity contribution < 1.29 is 17.6 Å². The average Bonchev–Trinajstić information content (AvgIpc) is 2.19. The van der Waals surface area contributed by atoms with Crippen LogP contribution in [0.15, 0.2) is 18.2 Å². The van der Waals surface area contributed by atoms with Crippen LogP contribution in [-0.2, 0) is 12.6 Å². The molecular weight excluding hydrogens is 208 g/mol. The van der Waals surface area contributed by atoms with Gasteiger partial charge in [0, 0.05) is 0 Å². The Kier molecular flexibility index (Phi) is 4.86. The van der Waals surface area contributed by atoms with Crippen LogP contribution in [0.1, 0.15) is 18.1 Å². The second kappa shape index (κ2) is 5.40. The largest absolute Gasteiger partial charge is 0.416 e. The molecule has 0 N–H and O–H groups in total. The standard InChI is InChI=1S/C9H8F4.C2H2/c1-2-6-3-4-7(5-8(6)10)9(11,12)13;1-2/h3-5H,2H2,1H3;1-2H. The number of benzene rings is 1. The SMILES string of the molecule is C#C.CCc1ccc(C(F)(F)F)cc1F. The maximum absolute atomic E-state index is 12.9. The second-order valence-electron chi connectivity index (χ2n) is 2.66.